The van der Waals surface area contributed by atoms with Crippen LogP contribution in [0.3, 0.4) is 0 Å². The van der Waals surface area contributed by atoms with Crippen molar-refractivity contribution in [2.75, 3.05) is 0 Å². The SMILES string of the molecule is c1ccc2cc3c(cc2c1)nc1n3c2cc(C3CCCCC3)cc3c2n1c1nc2cc4ccccc4cc2n31. The van der Waals surface area contributed by atoms with Crippen LogP contribution in [0.25, 0.3) is 71.7 Å². The van der Waals surface area contributed by atoms with E-state index in [-0.39, 0.29) is 0 Å². The topological polar surface area (TPSA) is 39.0 Å². The van der Waals surface area contributed by atoms with Gasteiger partial charge in [-0.15, -0.1) is 0 Å². The fourth-order valence-corrected chi connectivity index (χ4v) is 7.43. The van der Waals surface area contributed by atoms with Gasteiger partial charge in [-0.2, -0.15) is 0 Å². The van der Waals surface area contributed by atoms with Gasteiger partial charge in [0.2, 0.25) is 11.6 Å². The van der Waals surface area contributed by atoms with E-state index in [1.807, 2.05) is 0 Å². The van der Waals surface area contributed by atoms with E-state index in [0.29, 0.717) is 5.92 Å². The van der Waals surface area contributed by atoms with Gasteiger partial charge in [-0.05, 0) is 82.3 Å². The van der Waals surface area contributed by atoms with Crippen LogP contribution in [-0.4, -0.2) is 23.2 Å². The second kappa shape index (κ2) is 7.06. The zero-order chi connectivity index (χ0) is 25.2. The Hall–Kier alpha value is -4.64. The number of hydrogen-bond donors (Lipinski definition) is 0. The Bertz CT molecular complexity index is 2270. The van der Waals surface area contributed by atoms with Crippen LogP contribution in [0.4, 0.5) is 0 Å². The van der Waals surface area contributed by atoms with Crippen molar-refractivity contribution in [2.45, 2.75) is 38.0 Å². The second-order valence-corrected chi connectivity index (χ2v) is 11.4. The summed E-state index contributed by atoms with van der Waals surface area (Å²) in [6.45, 7) is 0. The Kier molecular flexibility index (Phi) is 3.68. The molecule has 0 N–H and O–H groups in total. The molecule has 0 amide bonds. The van der Waals surface area contributed by atoms with E-state index < -0.39 is 0 Å². The van der Waals surface area contributed by atoms with Crippen molar-refractivity contribution in [3.63, 3.8) is 0 Å². The van der Waals surface area contributed by atoms with Crippen molar-refractivity contribution in [3.8, 4) is 0 Å². The third kappa shape index (κ3) is 2.55. The Morgan fingerprint density at radius 3 is 1.51 bits per heavy atom. The lowest BCUT2D eigenvalue weighted by Crippen LogP contribution is -2.04. The average molecular weight is 504 g/mol. The molecule has 0 radical (unpaired) electrons. The Labute approximate surface area is 223 Å². The van der Waals surface area contributed by atoms with Crippen LogP contribution in [0.15, 0.2) is 84.9 Å². The van der Waals surface area contributed by atoms with Gasteiger partial charge in [0.1, 0.15) is 5.52 Å². The molecule has 186 valence electrons. The van der Waals surface area contributed by atoms with Crippen LogP contribution in [-0.2, 0) is 0 Å². The predicted octanol–water partition coefficient (Wildman–Crippen LogP) is 8.49. The predicted molar refractivity (Wildman–Crippen MR) is 159 cm³/mol. The van der Waals surface area contributed by atoms with E-state index in [0.717, 1.165) is 33.6 Å². The summed E-state index contributed by atoms with van der Waals surface area (Å²) in [5.74, 6) is 2.49. The number of fused-ring (bicyclic) bond motifs is 12. The summed E-state index contributed by atoms with van der Waals surface area (Å²) in [6.07, 6.45) is 6.53. The maximum Gasteiger partial charge on any atom is 0.223 e. The molecule has 1 saturated carbocycles. The third-order valence-corrected chi connectivity index (χ3v) is 9.28. The summed E-state index contributed by atoms with van der Waals surface area (Å²) >= 11 is 0. The van der Waals surface area contributed by atoms with Gasteiger partial charge < -0.3 is 0 Å². The molecule has 5 aromatic carbocycles. The minimum Gasteiger partial charge on any atom is -0.276 e. The summed E-state index contributed by atoms with van der Waals surface area (Å²) in [7, 11) is 0. The van der Waals surface area contributed by atoms with E-state index in [2.05, 4.69) is 98.1 Å². The lowest BCUT2D eigenvalue weighted by molar-refractivity contribution is 0.444. The summed E-state index contributed by atoms with van der Waals surface area (Å²) in [6, 6.07) is 31.2. The molecule has 1 aliphatic rings. The first kappa shape index (κ1) is 20.3. The Morgan fingerprint density at radius 2 is 1.00 bits per heavy atom. The molecular weight excluding hydrogens is 478 g/mol. The van der Waals surface area contributed by atoms with E-state index in [1.54, 1.807) is 0 Å². The van der Waals surface area contributed by atoms with Crippen LogP contribution in [0.1, 0.15) is 43.6 Å². The maximum atomic E-state index is 5.25. The van der Waals surface area contributed by atoms with Crippen LogP contribution in [0.2, 0.25) is 0 Å². The highest BCUT2D eigenvalue weighted by Gasteiger charge is 2.26. The molecule has 0 spiro atoms. The van der Waals surface area contributed by atoms with Crippen molar-refractivity contribution < 1.29 is 0 Å². The van der Waals surface area contributed by atoms with Gasteiger partial charge >= 0.3 is 0 Å². The number of aromatic nitrogens is 5. The van der Waals surface area contributed by atoms with Gasteiger partial charge in [0.05, 0.1) is 33.1 Å². The first-order valence-corrected chi connectivity index (χ1v) is 14.1. The number of benzene rings is 5. The minimum atomic E-state index is 0.605. The third-order valence-electron chi connectivity index (χ3n) is 9.28. The van der Waals surface area contributed by atoms with Gasteiger partial charge in [0.15, 0.2) is 0 Å². The lowest BCUT2D eigenvalue weighted by Gasteiger charge is -2.22. The van der Waals surface area contributed by atoms with Gasteiger partial charge in [-0.25, -0.2) is 14.4 Å². The van der Waals surface area contributed by atoms with Crippen molar-refractivity contribution in [3.05, 3.63) is 90.5 Å². The van der Waals surface area contributed by atoms with Gasteiger partial charge in [-0.1, -0.05) is 67.8 Å². The number of nitrogens with zero attached hydrogens (tertiary/aromatic N) is 5. The first-order valence-electron chi connectivity index (χ1n) is 14.1. The molecule has 9 aromatic rings. The molecule has 4 heterocycles. The summed E-state index contributed by atoms with van der Waals surface area (Å²) < 4.78 is 7.06. The quantitative estimate of drug-likeness (QED) is 0.225. The van der Waals surface area contributed by atoms with E-state index in [9.17, 15) is 0 Å². The molecule has 5 heteroatoms. The van der Waals surface area contributed by atoms with Crippen LogP contribution in [0, 0.1) is 0 Å². The number of hydrogen-bond acceptors (Lipinski definition) is 2. The molecule has 5 nitrogen and oxygen atoms in total. The highest BCUT2D eigenvalue weighted by Crippen LogP contribution is 2.40. The molecule has 1 aliphatic carbocycles. The van der Waals surface area contributed by atoms with Gasteiger partial charge in [0, 0.05) is 0 Å². The highest BCUT2D eigenvalue weighted by molar-refractivity contribution is 6.07. The largest absolute Gasteiger partial charge is 0.276 e. The van der Waals surface area contributed by atoms with Crippen molar-refractivity contribution in [2.24, 2.45) is 0 Å². The maximum absolute atomic E-state index is 5.25. The molecule has 0 unspecified atom stereocenters. The van der Waals surface area contributed by atoms with Crippen LogP contribution in [0.5, 0.6) is 0 Å². The second-order valence-electron chi connectivity index (χ2n) is 11.4. The molecular formula is C34H25N5. The molecule has 10 rings (SSSR count). The van der Waals surface area contributed by atoms with Crippen molar-refractivity contribution in [1.82, 2.24) is 23.2 Å². The van der Waals surface area contributed by atoms with Gasteiger partial charge in [0.25, 0.3) is 0 Å². The lowest BCUT2D eigenvalue weighted by atomic mass is 9.84. The molecule has 1 fully saturated rings. The number of rotatable bonds is 1. The van der Waals surface area contributed by atoms with Gasteiger partial charge in [-0.3, -0.25) is 8.80 Å². The monoisotopic (exact) mass is 503 g/mol. The summed E-state index contributed by atoms with van der Waals surface area (Å²) in [5, 5.41) is 4.93. The standard InChI is InChI=1S/C34H25N5/c1-2-8-20(9-3-1)25-18-30-32-31(19-25)38-29-17-24-13-7-5-11-22(24)15-27(29)36-34(38)39(32)33-35-26-14-21-10-4-6-12-23(21)16-28(26)37(30)33/h4-7,10-20H,1-3,8-9H2. The summed E-state index contributed by atoms with van der Waals surface area (Å²) in [5.41, 5.74) is 9.52. The van der Waals surface area contributed by atoms with Crippen molar-refractivity contribution >= 4 is 71.7 Å². The Balaban J connectivity index is 1.43. The molecule has 0 atom stereocenters. The Morgan fingerprint density at radius 1 is 0.513 bits per heavy atom. The smallest absolute Gasteiger partial charge is 0.223 e. The first-order chi connectivity index (χ1) is 19.3. The van der Waals surface area contributed by atoms with E-state index in [1.165, 1.54) is 75.8 Å². The van der Waals surface area contributed by atoms with Crippen molar-refractivity contribution in [1.29, 1.82) is 0 Å². The van der Waals surface area contributed by atoms with E-state index >= 15 is 0 Å². The minimum absolute atomic E-state index is 0.605. The zero-order valence-corrected chi connectivity index (χ0v) is 21.4. The zero-order valence-electron chi connectivity index (χ0n) is 21.4. The molecule has 0 aliphatic heterocycles. The fraction of sp³-hybridized carbons (Fsp3) is 0.176. The molecule has 4 aromatic heterocycles. The fourth-order valence-electron chi connectivity index (χ4n) is 7.43. The summed E-state index contributed by atoms with van der Waals surface area (Å²) in [4.78, 5) is 10.5. The molecule has 0 bridgehead atoms. The van der Waals surface area contributed by atoms with E-state index in [4.69, 9.17) is 9.97 Å². The molecule has 0 saturated heterocycles. The van der Waals surface area contributed by atoms with Crippen LogP contribution >= 0.6 is 0 Å². The van der Waals surface area contributed by atoms with Crippen LogP contribution < -0.4 is 0 Å². The number of imidazole rings is 4. The molecule has 39 heavy (non-hydrogen) atoms. The highest BCUT2D eigenvalue weighted by atomic mass is 15.3. The normalized spacial score (nSPS) is 15.6. The average Bonchev–Trinajstić information content (AvgIpc) is 3.69.